The number of aliphatic hydroxyl groups excluding tert-OH is 2. The highest BCUT2D eigenvalue weighted by Crippen LogP contribution is 2.09. The highest BCUT2D eigenvalue weighted by atomic mass is 16.3. The minimum Gasteiger partial charge on any atom is -0.390 e. The summed E-state index contributed by atoms with van der Waals surface area (Å²) in [6.45, 7) is -0.0131. The summed E-state index contributed by atoms with van der Waals surface area (Å²) in [7, 11) is 0. The zero-order valence-corrected chi connectivity index (χ0v) is 5.75. The van der Waals surface area contributed by atoms with Crippen molar-refractivity contribution in [3.63, 3.8) is 0 Å². The SMILES string of the molecule is OCC1=CCCC(CO)=N1. The van der Waals surface area contributed by atoms with Crippen LogP contribution in [-0.2, 0) is 0 Å². The Balaban J connectivity index is 2.61. The highest BCUT2D eigenvalue weighted by Gasteiger charge is 2.03. The predicted molar refractivity (Wildman–Crippen MR) is 38.9 cm³/mol. The topological polar surface area (TPSA) is 52.8 Å². The molecular formula is C7H11NO2. The van der Waals surface area contributed by atoms with Crippen molar-refractivity contribution >= 4 is 5.71 Å². The van der Waals surface area contributed by atoms with Crippen molar-refractivity contribution in [3.8, 4) is 0 Å². The number of allylic oxidation sites excluding steroid dienone is 1. The minimum atomic E-state index is -0.0243. The van der Waals surface area contributed by atoms with E-state index in [1.807, 2.05) is 6.08 Å². The second-order valence-electron chi connectivity index (χ2n) is 2.23. The van der Waals surface area contributed by atoms with Gasteiger partial charge in [0, 0.05) is 5.71 Å². The molecule has 10 heavy (non-hydrogen) atoms. The van der Waals surface area contributed by atoms with Crippen LogP contribution in [0.25, 0.3) is 0 Å². The van der Waals surface area contributed by atoms with E-state index in [2.05, 4.69) is 4.99 Å². The Labute approximate surface area is 59.7 Å². The van der Waals surface area contributed by atoms with Gasteiger partial charge < -0.3 is 10.2 Å². The van der Waals surface area contributed by atoms with E-state index in [1.165, 1.54) is 0 Å². The Kier molecular flexibility index (Phi) is 2.59. The zero-order chi connectivity index (χ0) is 7.40. The standard InChI is InChI=1S/C7H11NO2/c9-4-6-2-1-3-7(5-10)8-6/h2,9-10H,1,3-5H2. The molecule has 0 unspecified atom stereocenters. The van der Waals surface area contributed by atoms with Crippen LogP contribution >= 0.6 is 0 Å². The molecule has 0 spiro atoms. The van der Waals surface area contributed by atoms with Crippen LogP contribution in [0.5, 0.6) is 0 Å². The van der Waals surface area contributed by atoms with Gasteiger partial charge in [-0.2, -0.15) is 0 Å². The smallest absolute Gasteiger partial charge is 0.0849 e. The van der Waals surface area contributed by atoms with Crippen molar-refractivity contribution in [1.29, 1.82) is 0 Å². The maximum atomic E-state index is 8.66. The molecule has 0 aromatic rings. The van der Waals surface area contributed by atoms with E-state index in [4.69, 9.17) is 10.2 Å². The molecule has 0 aromatic heterocycles. The fraction of sp³-hybridized carbons (Fsp3) is 0.571. The van der Waals surface area contributed by atoms with Gasteiger partial charge in [-0.15, -0.1) is 0 Å². The predicted octanol–water partition coefficient (Wildman–Crippen LogP) is 0.0897. The van der Waals surface area contributed by atoms with Crippen LogP contribution in [0.15, 0.2) is 16.8 Å². The van der Waals surface area contributed by atoms with Crippen LogP contribution in [0.3, 0.4) is 0 Å². The molecule has 1 aliphatic heterocycles. The van der Waals surface area contributed by atoms with Gasteiger partial charge >= 0.3 is 0 Å². The molecule has 0 saturated heterocycles. The summed E-state index contributed by atoms with van der Waals surface area (Å²) in [5.74, 6) is 0. The summed E-state index contributed by atoms with van der Waals surface area (Å²) in [5.41, 5.74) is 1.45. The van der Waals surface area contributed by atoms with E-state index < -0.39 is 0 Å². The molecule has 1 aliphatic rings. The molecule has 0 fully saturated rings. The Morgan fingerprint density at radius 1 is 1.40 bits per heavy atom. The number of nitrogens with zero attached hydrogens (tertiary/aromatic N) is 1. The van der Waals surface area contributed by atoms with Gasteiger partial charge in [0.25, 0.3) is 0 Å². The van der Waals surface area contributed by atoms with Crippen molar-refractivity contribution in [2.75, 3.05) is 13.2 Å². The summed E-state index contributed by atoms with van der Waals surface area (Å²) in [4.78, 5) is 4.00. The molecule has 2 N–H and O–H groups in total. The lowest BCUT2D eigenvalue weighted by atomic mass is 10.1. The fourth-order valence-electron chi connectivity index (χ4n) is 0.924. The second-order valence-corrected chi connectivity index (χ2v) is 2.23. The average molecular weight is 141 g/mol. The van der Waals surface area contributed by atoms with Gasteiger partial charge in [-0.1, -0.05) is 6.08 Å². The summed E-state index contributed by atoms with van der Waals surface area (Å²) < 4.78 is 0. The first-order valence-electron chi connectivity index (χ1n) is 3.34. The van der Waals surface area contributed by atoms with Gasteiger partial charge in [-0.25, -0.2) is 0 Å². The van der Waals surface area contributed by atoms with E-state index in [0.717, 1.165) is 18.6 Å². The Morgan fingerprint density at radius 3 is 2.80 bits per heavy atom. The Hall–Kier alpha value is -0.670. The van der Waals surface area contributed by atoms with E-state index >= 15 is 0 Å². The average Bonchev–Trinajstić information content (AvgIpc) is 2.05. The molecule has 0 amide bonds. The van der Waals surface area contributed by atoms with Gasteiger partial charge in [0.1, 0.15) is 0 Å². The van der Waals surface area contributed by atoms with Gasteiger partial charge in [0.2, 0.25) is 0 Å². The van der Waals surface area contributed by atoms with E-state index in [9.17, 15) is 0 Å². The van der Waals surface area contributed by atoms with E-state index in [-0.39, 0.29) is 13.2 Å². The normalized spacial score (nSPS) is 18.2. The fourth-order valence-corrected chi connectivity index (χ4v) is 0.924. The molecule has 0 atom stereocenters. The van der Waals surface area contributed by atoms with Gasteiger partial charge in [-0.3, -0.25) is 4.99 Å². The Bertz CT molecular complexity index is 172. The van der Waals surface area contributed by atoms with Crippen molar-refractivity contribution in [1.82, 2.24) is 0 Å². The van der Waals surface area contributed by atoms with Crippen LogP contribution in [0.1, 0.15) is 12.8 Å². The number of hydrogen-bond donors (Lipinski definition) is 2. The maximum Gasteiger partial charge on any atom is 0.0849 e. The molecular weight excluding hydrogens is 130 g/mol. The lowest BCUT2D eigenvalue weighted by Gasteiger charge is -2.08. The first-order chi connectivity index (χ1) is 4.86. The molecule has 0 radical (unpaired) electrons. The summed E-state index contributed by atoms with van der Waals surface area (Å²) in [6, 6.07) is 0. The van der Waals surface area contributed by atoms with Crippen LogP contribution in [-0.4, -0.2) is 29.1 Å². The Morgan fingerprint density at radius 2 is 2.20 bits per heavy atom. The van der Waals surface area contributed by atoms with Gasteiger partial charge in [0.15, 0.2) is 0 Å². The van der Waals surface area contributed by atoms with Crippen molar-refractivity contribution in [2.24, 2.45) is 4.99 Å². The van der Waals surface area contributed by atoms with Crippen LogP contribution < -0.4 is 0 Å². The number of aliphatic imine (C=N–C) groups is 1. The van der Waals surface area contributed by atoms with Crippen molar-refractivity contribution < 1.29 is 10.2 Å². The third-order valence-corrected chi connectivity index (χ3v) is 1.46. The monoisotopic (exact) mass is 141 g/mol. The lowest BCUT2D eigenvalue weighted by Crippen LogP contribution is -2.08. The zero-order valence-electron chi connectivity index (χ0n) is 5.75. The molecule has 0 aromatic carbocycles. The first-order valence-corrected chi connectivity index (χ1v) is 3.34. The number of hydrogen-bond acceptors (Lipinski definition) is 3. The van der Waals surface area contributed by atoms with Crippen LogP contribution in [0.4, 0.5) is 0 Å². The first kappa shape index (κ1) is 7.44. The third-order valence-electron chi connectivity index (χ3n) is 1.46. The largest absolute Gasteiger partial charge is 0.390 e. The van der Waals surface area contributed by atoms with E-state index in [1.54, 1.807) is 0 Å². The number of rotatable bonds is 2. The molecule has 0 aliphatic carbocycles. The molecule has 3 nitrogen and oxygen atoms in total. The van der Waals surface area contributed by atoms with Gasteiger partial charge in [-0.05, 0) is 12.8 Å². The quantitative estimate of drug-likeness (QED) is 0.572. The summed E-state index contributed by atoms with van der Waals surface area (Å²) in [6.07, 6.45) is 3.59. The van der Waals surface area contributed by atoms with Crippen molar-refractivity contribution in [2.45, 2.75) is 12.8 Å². The second kappa shape index (κ2) is 3.49. The van der Waals surface area contributed by atoms with Crippen molar-refractivity contribution in [3.05, 3.63) is 11.8 Å². The molecule has 1 rings (SSSR count). The molecule has 3 heteroatoms. The van der Waals surface area contributed by atoms with Crippen LogP contribution in [0, 0.1) is 0 Å². The molecule has 56 valence electrons. The summed E-state index contributed by atoms with van der Waals surface area (Å²) >= 11 is 0. The molecule has 0 saturated carbocycles. The molecule has 0 bridgehead atoms. The maximum absolute atomic E-state index is 8.66. The number of aliphatic hydroxyl groups is 2. The highest BCUT2D eigenvalue weighted by molar-refractivity contribution is 5.87. The van der Waals surface area contributed by atoms with Crippen LogP contribution in [0.2, 0.25) is 0 Å². The lowest BCUT2D eigenvalue weighted by molar-refractivity contribution is 0.327. The van der Waals surface area contributed by atoms with Gasteiger partial charge in [0.05, 0.1) is 18.9 Å². The minimum absolute atomic E-state index is 0.0112. The summed E-state index contributed by atoms with van der Waals surface area (Å²) in [5, 5.41) is 17.3. The van der Waals surface area contributed by atoms with E-state index in [0.29, 0.717) is 5.70 Å². The molecule has 1 heterocycles. The third kappa shape index (κ3) is 1.65.